The third-order valence-corrected chi connectivity index (χ3v) is 5.78. The van der Waals surface area contributed by atoms with Crippen LogP contribution in [0.25, 0.3) is 0 Å². The van der Waals surface area contributed by atoms with Crippen molar-refractivity contribution in [2.75, 3.05) is 39.8 Å². The quantitative estimate of drug-likeness (QED) is 0.786. The van der Waals surface area contributed by atoms with Gasteiger partial charge in [-0.15, -0.1) is 0 Å². The Morgan fingerprint density at radius 1 is 1.20 bits per heavy atom. The zero-order valence-corrected chi connectivity index (χ0v) is 17.3. The Hall–Kier alpha value is -3.13. The van der Waals surface area contributed by atoms with E-state index in [0.717, 1.165) is 35.9 Å². The summed E-state index contributed by atoms with van der Waals surface area (Å²) in [4.78, 5) is 27.7. The molecule has 2 aromatic rings. The molecule has 2 aliphatic heterocycles. The van der Waals surface area contributed by atoms with Crippen LogP contribution in [0, 0.1) is 0 Å². The summed E-state index contributed by atoms with van der Waals surface area (Å²) in [7, 11) is 1.63. The number of benzene rings is 1. The monoisotopic (exact) mass is 411 g/mol. The highest BCUT2D eigenvalue weighted by atomic mass is 16.5. The number of rotatable bonds is 5. The number of ether oxygens (including phenoxy) is 1. The third kappa shape index (κ3) is 4.23. The van der Waals surface area contributed by atoms with Gasteiger partial charge in [-0.1, -0.05) is 0 Å². The summed E-state index contributed by atoms with van der Waals surface area (Å²) in [6, 6.07) is 11.2. The third-order valence-electron chi connectivity index (χ3n) is 5.78. The molecule has 3 heterocycles. The minimum Gasteiger partial charge on any atom is -0.497 e. The van der Waals surface area contributed by atoms with E-state index in [4.69, 9.17) is 9.15 Å². The highest BCUT2D eigenvalue weighted by Crippen LogP contribution is 2.33. The van der Waals surface area contributed by atoms with E-state index >= 15 is 0 Å². The van der Waals surface area contributed by atoms with Gasteiger partial charge in [-0.05, 0) is 42.0 Å². The molecular formula is C22H27N4O4+. The lowest BCUT2D eigenvalue weighted by Gasteiger charge is -2.32. The van der Waals surface area contributed by atoms with E-state index < -0.39 is 0 Å². The number of carbonyl (C=O) groups excluding carboxylic acids is 2. The van der Waals surface area contributed by atoms with Crippen LogP contribution in [0.1, 0.15) is 30.7 Å². The molecule has 0 unspecified atom stereocenters. The zero-order chi connectivity index (χ0) is 21.1. The first-order valence-corrected chi connectivity index (χ1v) is 10.2. The van der Waals surface area contributed by atoms with Crippen LogP contribution in [-0.2, 0) is 9.59 Å². The molecule has 0 saturated carbocycles. The standard InChI is InChI=1S/C22H26N4O4/c1-16(27)25-11-9-24(10-12-25)15-22(28)26-20(21-4-3-13-30-21)14-19(23-26)17-5-7-18(29-2)8-6-17/h3-8,13,20H,9-12,14-15H2,1-2H3/p+1/t20-/m0/s1. The second-order valence-corrected chi connectivity index (χ2v) is 7.68. The van der Waals surface area contributed by atoms with E-state index in [1.54, 1.807) is 25.3 Å². The second-order valence-electron chi connectivity index (χ2n) is 7.68. The van der Waals surface area contributed by atoms with Crippen molar-refractivity contribution in [1.29, 1.82) is 0 Å². The molecule has 4 rings (SSSR count). The Labute approximate surface area is 175 Å². The molecule has 0 radical (unpaired) electrons. The molecule has 1 atom stereocenters. The van der Waals surface area contributed by atoms with Crippen LogP contribution in [0.3, 0.4) is 0 Å². The molecule has 2 amide bonds. The summed E-state index contributed by atoms with van der Waals surface area (Å²) in [5.74, 6) is 1.56. The van der Waals surface area contributed by atoms with Crippen molar-refractivity contribution < 1.29 is 23.6 Å². The number of nitrogens with one attached hydrogen (secondary N) is 1. The van der Waals surface area contributed by atoms with Crippen molar-refractivity contribution in [1.82, 2.24) is 9.91 Å². The molecule has 8 heteroatoms. The van der Waals surface area contributed by atoms with Crippen molar-refractivity contribution in [2.24, 2.45) is 5.10 Å². The van der Waals surface area contributed by atoms with E-state index in [1.807, 2.05) is 41.3 Å². The average molecular weight is 411 g/mol. The summed E-state index contributed by atoms with van der Waals surface area (Å²) in [6.45, 7) is 4.82. The van der Waals surface area contributed by atoms with Crippen molar-refractivity contribution in [3.8, 4) is 5.75 Å². The van der Waals surface area contributed by atoms with E-state index in [1.165, 1.54) is 4.90 Å². The summed E-state index contributed by atoms with van der Waals surface area (Å²) < 4.78 is 10.8. The van der Waals surface area contributed by atoms with Crippen LogP contribution in [0.2, 0.25) is 0 Å². The molecule has 1 fully saturated rings. The van der Waals surface area contributed by atoms with Gasteiger partial charge in [-0.3, -0.25) is 9.59 Å². The summed E-state index contributed by atoms with van der Waals surface area (Å²) in [5, 5.41) is 6.25. The van der Waals surface area contributed by atoms with Gasteiger partial charge in [-0.25, -0.2) is 5.01 Å². The van der Waals surface area contributed by atoms with Gasteiger partial charge < -0.3 is 19.0 Å². The minimum absolute atomic E-state index is 0.0359. The van der Waals surface area contributed by atoms with E-state index in [0.29, 0.717) is 26.1 Å². The molecule has 1 N–H and O–H groups in total. The molecule has 1 aromatic heterocycles. The molecule has 8 nitrogen and oxygen atoms in total. The normalized spacial score (nSPS) is 19.7. The fraction of sp³-hybridized carbons (Fsp3) is 0.409. The zero-order valence-electron chi connectivity index (χ0n) is 17.3. The van der Waals surface area contributed by atoms with Crippen molar-refractivity contribution >= 4 is 17.5 Å². The molecule has 0 aliphatic carbocycles. The number of hydrazone groups is 1. The van der Waals surface area contributed by atoms with E-state index in [-0.39, 0.29) is 17.9 Å². The molecule has 0 spiro atoms. The Kier molecular flexibility index (Phi) is 5.85. The molecule has 1 aromatic carbocycles. The van der Waals surface area contributed by atoms with Crippen LogP contribution in [0.15, 0.2) is 52.2 Å². The first-order valence-electron chi connectivity index (χ1n) is 10.2. The second kappa shape index (κ2) is 8.71. The molecule has 0 bridgehead atoms. The van der Waals surface area contributed by atoms with E-state index in [2.05, 4.69) is 5.10 Å². The lowest BCUT2D eigenvalue weighted by atomic mass is 10.0. The number of hydrogen-bond acceptors (Lipinski definition) is 5. The van der Waals surface area contributed by atoms with Gasteiger partial charge in [0, 0.05) is 13.3 Å². The Morgan fingerprint density at radius 2 is 1.93 bits per heavy atom. The SMILES string of the molecule is COc1ccc(C2=NN(C(=O)C[NH+]3CCN(C(C)=O)CC3)[C@H](c3ccco3)C2)cc1. The highest BCUT2D eigenvalue weighted by Gasteiger charge is 2.36. The topological polar surface area (TPSA) is 79.8 Å². The smallest absolute Gasteiger partial charge is 0.298 e. The van der Waals surface area contributed by atoms with Gasteiger partial charge in [0.25, 0.3) is 5.91 Å². The van der Waals surface area contributed by atoms with E-state index in [9.17, 15) is 9.59 Å². The van der Waals surface area contributed by atoms with Gasteiger partial charge in [0.2, 0.25) is 5.91 Å². The first kappa shape index (κ1) is 20.2. The predicted octanol–water partition coefficient (Wildman–Crippen LogP) is 0.713. The van der Waals surface area contributed by atoms with Crippen molar-refractivity contribution in [2.45, 2.75) is 19.4 Å². The fourth-order valence-electron chi connectivity index (χ4n) is 4.01. The first-order chi connectivity index (χ1) is 14.5. The predicted molar refractivity (Wildman–Crippen MR) is 110 cm³/mol. The number of quaternary nitrogens is 1. The maximum atomic E-state index is 13.2. The molecule has 158 valence electrons. The van der Waals surface area contributed by atoms with Crippen LogP contribution in [-0.4, -0.2) is 67.3 Å². The minimum atomic E-state index is -0.248. The number of methoxy groups -OCH3 is 1. The number of piperazine rings is 1. The molecular weight excluding hydrogens is 384 g/mol. The van der Waals surface area contributed by atoms with Gasteiger partial charge in [0.15, 0.2) is 6.54 Å². The maximum Gasteiger partial charge on any atom is 0.298 e. The van der Waals surface area contributed by atoms with Crippen molar-refractivity contribution in [3.63, 3.8) is 0 Å². The average Bonchev–Trinajstić information content (AvgIpc) is 3.44. The Morgan fingerprint density at radius 3 is 2.53 bits per heavy atom. The number of nitrogens with zero attached hydrogens (tertiary/aromatic N) is 3. The Bertz CT molecular complexity index is 915. The van der Waals surface area contributed by atoms with Gasteiger partial charge in [0.1, 0.15) is 17.6 Å². The Balaban J connectivity index is 1.49. The summed E-state index contributed by atoms with van der Waals surface area (Å²) >= 11 is 0. The largest absolute Gasteiger partial charge is 0.497 e. The van der Waals surface area contributed by atoms with Gasteiger partial charge in [-0.2, -0.15) is 5.10 Å². The number of furan rings is 1. The molecule has 30 heavy (non-hydrogen) atoms. The highest BCUT2D eigenvalue weighted by molar-refractivity contribution is 6.03. The van der Waals surface area contributed by atoms with Gasteiger partial charge in [0.05, 0.1) is 45.3 Å². The number of amides is 2. The van der Waals surface area contributed by atoms with Crippen LogP contribution >= 0.6 is 0 Å². The van der Waals surface area contributed by atoms with Crippen LogP contribution < -0.4 is 9.64 Å². The molecule has 1 saturated heterocycles. The fourth-order valence-corrected chi connectivity index (χ4v) is 4.01. The summed E-state index contributed by atoms with van der Waals surface area (Å²) in [6.07, 6.45) is 2.22. The maximum absolute atomic E-state index is 13.2. The summed E-state index contributed by atoms with van der Waals surface area (Å²) in [5.41, 5.74) is 1.81. The molecule has 2 aliphatic rings. The lowest BCUT2D eigenvalue weighted by molar-refractivity contribution is -0.896. The number of carbonyl (C=O) groups is 2. The number of hydrogen-bond donors (Lipinski definition) is 1. The van der Waals surface area contributed by atoms with Crippen LogP contribution in [0.4, 0.5) is 0 Å². The van der Waals surface area contributed by atoms with Crippen molar-refractivity contribution in [3.05, 3.63) is 54.0 Å². The van der Waals surface area contributed by atoms with Crippen LogP contribution in [0.5, 0.6) is 5.75 Å². The van der Waals surface area contributed by atoms with Gasteiger partial charge >= 0.3 is 0 Å². The lowest BCUT2D eigenvalue weighted by Crippen LogP contribution is -3.15.